The third-order valence-corrected chi connectivity index (χ3v) is 2.14. The van der Waals surface area contributed by atoms with Crippen LogP contribution in [-0.2, 0) is 28.5 Å². The van der Waals surface area contributed by atoms with E-state index >= 15 is 0 Å². The van der Waals surface area contributed by atoms with Crippen molar-refractivity contribution in [3.05, 3.63) is 0 Å². The number of esters is 1. The van der Waals surface area contributed by atoms with Crippen molar-refractivity contribution in [2.45, 2.75) is 67.7 Å². The van der Waals surface area contributed by atoms with Gasteiger partial charge in [-0.2, -0.15) is 5.26 Å². The highest BCUT2D eigenvalue weighted by molar-refractivity contribution is 5.72. The number of Topliss-reactive ketones (excluding diaryl/α,β-unsaturated/α-hetero) is 1. The minimum Gasteiger partial charge on any atom is -0.466 e. The Hall–Kier alpha value is -1.61. The Morgan fingerprint density at radius 1 is 0.848 bits per heavy atom. The number of ketones is 1. The van der Waals surface area contributed by atoms with Gasteiger partial charge in [0, 0.05) is 47.4 Å². The van der Waals surface area contributed by atoms with Gasteiger partial charge in [0.25, 0.3) is 0 Å². The number of hydrogen-bond acceptors (Lipinski definition) is 10. The van der Waals surface area contributed by atoms with Gasteiger partial charge in [-0.15, -0.1) is 0 Å². The lowest BCUT2D eigenvalue weighted by atomic mass is 10.4. The maximum atomic E-state index is 9.82. The zero-order chi connectivity index (χ0) is 27.2. The molecule has 0 unspecified atom stereocenters. The summed E-state index contributed by atoms with van der Waals surface area (Å²) in [5.41, 5.74) is 0. The fourth-order valence-corrected chi connectivity index (χ4v) is 1.15. The molecule has 0 spiro atoms. The molecule has 2 aliphatic heterocycles. The van der Waals surface area contributed by atoms with E-state index in [4.69, 9.17) is 34.8 Å². The van der Waals surface area contributed by atoms with E-state index in [0.29, 0.717) is 13.2 Å². The van der Waals surface area contributed by atoms with Gasteiger partial charge in [0.15, 0.2) is 0 Å². The van der Waals surface area contributed by atoms with Crippen LogP contribution in [0.15, 0.2) is 0 Å². The van der Waals surface area contributed by atoms with E-state index in [1.54, 1.807) is 19.9 Å². The molecule has 2 aliphatic rings. The molecule has 0 atom stereocenters. The molecule has 2 fully saturated rings. The van der Waals surface area contributed by atoms with Crippen LogP contribution in [0.3, 0.4) is 0 Å². The van der Waals surface area contributed by atoms with Crippen molar-refractivity contribution in [2.75, 3.05) is 66.6 Å². The van der Waals surface area contributed by atoms with Crippen molar-refractivity contribution in [2.24, 2.45) is 0 Å². The lowest BCUT2D eigenvalue weighted by Gasteiger charge is -2.09. The first-order valence-electron chi connectivity index (χ1n) is 11.1. The standard InChI is InChI=1S/2C4H8O2.C4H8O.C3H6O.C3H8O.C2H3N.C2H6O.CH4O/c1-2-6-4-3-5-1;1-3-6-4(2)5;1-2-4-5-3-1;1-3(2)4;1-2-3-4;2*1-2-3;1-2/h1-4H2;3H2,1-2H3;1-4H2;1-2H3;4H,2-3H2,1H3;1H3;3H,2H2,1H3;2H,1H3. The molecule has 0 amide bonds. The maximum absolute atomic E-state index is 9.82. The first kappa shape index (κ1) is 45.0. The number of nitrogens with zero attached hydrogens (tertiary/aromatic N) is 1. The maximum Gasteiger partial charge on any atom is 0.302 e. The molecule has 0 aromatic rings. The smallest absolute Gasteiger partial charge is 0.302 e. The third-order valence-electron chi connectivity index (χ3n) is 2.14. The summed E-state index contributed by atoms with van der Waals surface area (Å²) in [6, 6.07) is 1.75. The summed E-state index contributed by atoms with van der Waals surface area (Å²) in [5.74, 6) is -0.0440. The minimum atomic E-state index is -0.211. The minimum absolute atomic E-state index is 0.167. The van der Waals surface area contributed by atoms with Crippen molar-refractivity contribution in [3.63, 3.8) is 0 Å². The molecule has 10 nitrogen and oxygen atoms in total. The quantitative estimate of drug-likeness (QED) is 0.497. The molecule has 0 saturated carbocycles. The van der Waals surface area contributed by atoms with Crippen LogP contribution in [0.5, 0.6) is 0 Å². The van der Waals surface area contributed by atoms with Gasteiger partial charge in [0.05, 0.1) is 39.1 Å². The second-order valence-corrected chi connectivity index (χ2v) is 5.64. The summed E-state index contributed by atoms with van der Waals surface area (Å²) in [6.07, 6.45) is 3.43. The van der Waals surface area contributed by atoms with Crippen LogP contribution in [0.25, 0.3) is 0 Å². The number of carbonyl (C=O) groups is 2. The first-order chi connectivity index (χ1) is 15.7. The molecule has 2 heterocycles. The van der Waals surface area contributed by atoms with Gasteiger partial charge in [0.2, 0.25) is 0 Å². The second-order valence-electron chi connectivity index (χ2n) is 5.64. The largest absolute Gasteiger partial charge is 0.466 e. The van der Waals surface area contributed by atoms with E-state index in [1.165, 1.54) is 40.5 Å². The fourth-order valence-electron chi connectivity index (χ4n) is 1.15. The van der Waals surface area contributed by atoms with Gasteiger partial charge in [-0.05, 0) is 47.0 Å². The number of ether oxygens (including phenoxy) is 4. The van der Waals surface area contributed by atoms with Crippen molar-refractivity contribution in [1.29, 1.82) is 5.26 Å². The average molecular weight is 486 g/mol. The van der Waals surface area contributed by atoms with Gasteiger partial charge >= 0.3 is 5.97 Å². The highest BCUT2D eigenvalue weighted by Gasteiger charge is 1.95. The van der Waals surface area contributed by atoms with Crippen LogP contribution in [0.4, 0.5) is 0 Å². The SMILES string of the molecule is C1CCOC1.C1COCCO1.CC#N.CC(C)=O.CCCO.CCO.CCOC(C)=O.CO. The molecular formula is C23H51NO9. The number of aliphatic hydroxyl groups excluding tert-OH is 3. The van der Waals surface area contributed by atoms with Crippen molar-refractivity contribution in [3.8, 4) is 6.07 Å². The predicted molar refractivity (Wildman–Crippen MR) is 130 cm³/mol. The van der Waals surface area contributed by atoms with Crippen LogP contribution >= 0.6 is 0 Å². The first-order valence-corrected chi connectivity index (χ1v) is 11.1. The Bertz CT molecular complexity index is 329. The van der Waals surface area contributed by atoms with Gasteiger partial charge in [-0.25, -0.2) is 0 Å². The van der Waals surface area contributed by atoms with Gasteiger partial charge in [0.1, 0.15) is 5.78 Å². The van der Waals surface area contributed by atoms with E-state index < -0.39 is 0 Å². The normalized spacial score (nSPS) is 12.1. The Labute approximate surface area is 201 Å². The Balaban J connectivity index is -0.0000000647. The average Bonchev–Trinajstić information content (AvgIpc) is 3.38. The van der Waals surface area contributed by atoms with E-state index in [-0.39, 0.29) is 18.4 Å². The zero-order valence-corrected chi connectivity index (χ0v) is 22.2. The Morgan fingerprint density at radius 3 is 1.15 bits per heavy atom. The van der Waals surface area contributed by atoms with Crippen LogP contribution in [-0.4, -0.2) is 93.6 Å². The molecule has 0 aromatic heterocycles. The van der Waals surface area contributed by atoms with E-state index in [9.17, 15) is 9.59 Å². The Morgan fingerprint density at radius 2 is 1.09 bits per heavy atom. The predicted octanol–water partition coefficient (Wildman–Crippen LogP) is 2.52. The molecular weight excluding hydrogens is 434 g/mol. The lowest BCUT2D eigenvalue weighted by molar-refractivity contribution is -0.140. The topological polar surface area (TPSA) is 156 Å². The van der Waals surface area contributed by atoms with E-state index in [2.05, 4.69) is 4.74 Å². The third kappa shape index (κ3) is 137. The zero-order valence-electron chi connectivity index (χ0n) is 22.2. The molecule has 0 aliphatic carbocycles. The summed E-state index contributed by atoms with van der Waals surface area (Å²) in [5, 5.41) is 29.8. The van der Waals surface area contributed by atoms with Crippen LogP contribution in [0.2, 0.25) is 0 Å². The number of hydrogen-bond donors (Lipinski definition) is 3. The highest BCUT2D eigenvalue weighted by atomic mass is 16.6. The molecule has 202 valence electrons. The van der Waals surface area contributed by atoms with Crippen LogP contribution in [0, 0.1) is 11.3 Å². The number of aliphatic hydroxyl groups is 3. The summed E-state index contributed by atoms with van der Waals surface area (Å²) in [6.45, 7) is 17.4. The molecule has 10 heteroatoms. The number of nitriles is 1. The summed E-state index contributed by atoms with van der Waals surface area (Å²) >= 11 is 0. The molecule has 3 N–H and O–H groups in total. The summed E-state index contributed by atoms with van der Waals surface area (Å²) < 4.78 is 19.2. The molecule has 0 radical (unpaired) electrons. The lowest BCUT2D eigenvalue weighted by Crippen LogP contribution is -2.16. The van der Waals surface area contributed by atoms with Crippen molar-refractivity contribution >= 4 is 11.8 Å². The molecule has 2 saturated heterocycles. The van der Waals surface area contributed by atoms with Crippen molar-refractivity contribution in [1.82, 2.24) is 0 Å². The highest BCUT2D eigenvalue weighted by Crippen LogP contribution is 1.98. The van der Waals surface area contributed by atoms with Gasteiger partial charge < -0.3 is 39.1 Å². The Kier molecular flexibility index (Phi) is 78.2. The van der Waals surface area contributed by atoms with Crippen LogP contribution < -0.4 is 0 Å². The van der Waals surface area contributed by atoms with Gasteiger partial charge in [-0.3, -0.25) is 4.79 Å². The molecule has 2 rings (SSSR count). The number of rotatable bonds is 2. The van der Waals surface area contributed by atoms with E-state index in [1.807, 2.05) is 6.92 Å². The molecule has 0 bridgehead atoms. The van der Waals surface area contributed by atoms with Crippen molar-refractivity contribution < 1.29 is 43.9 Å². The monoisotopic (exact) mass is 485 g/mol. The van der Waals surface area contributed by atoms with Gasteiger partial charge in [-0.1, -0.05) is 6.92 Å². The molecule has 0 aromatic carbocycles. The van der Waals surface area contributed by atoms with E-state index in [0.717, 1.165) is 53.2 Å². The summed E-state index contributed by atoms with van der Waals surface area (Å²) in [7, 11) is 1.00. The fraction of sp³-hybridized carbons (Fsp3) is 0.870. The second kappa shape index (κ2) is 57.4. The van der Waals surface area contributed by atoms with Crippen LogP contribution in [0.1, 0.15) is 67.7 Å². The summed E-state index contributed by atoms with van der Waals surface area (Å²) in [4.78, 5) is 19.3. The molecule has 33 heavy (non-hydrogen) atoms. The number of carbonyl (C=O) groups excluding carboxylic acids is 2.